The third-order valence-electron chi connectivity index (χ3n) is 3.03. The summed E-state index contributed by atoms with van der Waals surface area (Å²) in [5.74, 6) is 0. The van der Waals surface area contributed by atoms with Crippen molar-refractivity contribution in [1.29, 1.82) is 0 Å². The highest BCUT2D eigenvalue weighted by Crippen LogP contribution is 2.47. The van der Waals surface area contributed by atoms with Gasteiger partial charge in [0, 0.05) is 10.8 Å². The molecule has 3 rings (SSSR count). The van der Waals surface area contributed by atoms with Gasteiger partial charge in [-0.2, -0.15) is 8.42 Å². The minimum atomic E-state index is -4.61. The van der Waals surface area contributed by atoms with Gasteiger partial charge in [-0.25, -0.2) is 4.55 Å². The summed E-state index contributed by atoms with van der Waals surface area (Å²) in [7, 11) is -11.0. The molecule has 0 aliphatic heterocycles. The van der Waals surface area contributed by atoms with Crippen LogP contribution >= 0.6 is 9.50 Å². The molecule has 0 radical (unpaired) electrons. The molecule has 9 heteroatoms. The van der Waals surface area contributed by atoms with Gasteiger partial charge in [0.1, 0.15) is 9.50 Å². The normalized spacial score (nSPS) is 13.9. The molecule has 2 aromatic carbocycles. The monoisotopic (exact) mass is 345 g/mol. The van der Waals surface area contributed by atoms with E-state index in [-0.39, 0.29) is 4.70 Å². The maximum atomic E-state index is 11.7. The quantitative estimate of drug-likeness (QED) is 0.420. The molecule has 0 spiro atoms. The number of benzene rings is 2. The zero-order valence-corrected chi connectivity index (χ0v) is 12.7. The number of thiophene rings is 1. The standard InChI is InChI=1S/C12H8O6S3/c13-20(14,15)11-7-3-5-9-8-4-1-2-6-10(8)19(12(9)11)21(16,17)18/h1-7H,(H-,13,14,15,16,17,18)/p+1. The topological polar surface area (TPSA) is 109 Å². The van der Waals surface area contributed by atoms with Crippen LogP contribution in [-0.4, -0.2) is 25.9 Å². The SMILES string of the molecule is O=S(=O)(O)c1cccc2c3ccccc3[s+](S(=O)(=O)O)c12. The molecule has 0 fully saturated rings. The van der Waals surface area contributed by atoms with Gasteiger partial charge in [0.15, 0.2) is 4.90 Å². The first kappa shape index (κ1) is 14.4. The summed E-state index contributed by atoms with van der Waals surface area (Å²) in [5, 5.41) is 0.903. The van der Waals surface area contributed by atoms with Gasteiger partial charge >= 0.3 is 9.15 Å². The first-order valence-corrected chi connectivity index (χ1v) is 10.3. The van der Waals surface area contributed by atoms with Crippen LogP contribution in [0.4, 0.5) is 0 Å². The maximum Gasteiger partial charge on any atom is 0.473 e. The van der Waals surface area contributed by atoms with Crippen LogP contribution in [0.5, 0.6) is 0 Å². The summed E-state index contributed by atoms with van der Waals surface area (Å²) in [5.41, 5.74) is 0. The van der Waals surface area contributed by atoms with Crippen LogP contribution in [0.2, 0.25) is 0 Å². The largest absolute Gasteiger partial charge is 0.473 e. The zero-order chi connectivity index (χ0) is 15.4. The molecule has 6 nitrogen and oxygen atoms in total. The average Bonchev–Trinajstić information content (AvgIpc) is 2.71. The van der Waals surface area contributed by atoms with Gasteiger partial charge < -0.3 is 0 Å². The van der Waals surface area contributed by atoms with Crippen molar-refractivity contribution in [2.24, 2.45) is 0 Å². The fourth-order valence-electron chi connectivity index (χ4n) is 2.30. The fourth-order valence-corrected chi connectivity index (χ4v) is 7.77. The van der Waals surface area contributed by atoms with Gasteiger partial charge in [0.25, 0.3) is 10.1 Å². The van der Waals surface area contributed by atoms with E-state index in [0.717, 1.165) is 6.07 Å². The third kappa shape index (κ3) is 2.23. The molecule has 0 amide bonds. The molecule has 1 aromatic heterocycles. The van der Waals surface area contributed by atoms with Crippen molar-refractivity contribution in [3.63, 3.8) is 0 Å². The molecular weight excluding hydrogens is 336 g/mol. The number of rotatable bonds is 2. The van der Waals surface area contributed by atoms with E-state index in [1.54, 1.807) is 24.3 Å². The second kappa shape index (κ2) is 4.49. The molecule has 0 bridgehead atoms. The van der Waals surface area contributed by atoms with E-state index in [4.69, 9.17) is 0 Å². The second-order valence-corrected chi connectivity index (χ2v) is 10.2. The Bertz CT molecular complexity index is 1080. The number of hydrogen-bond acceptors (Lipinski definition) is 4. The molecule has 1 atom stereocenters. The van der Waals surface area contributed by atoms with E-state index < -0.39 is 33.7 Å². The Morgan fingerprint density at radius 2 is 1.43 bits per heavy atom. The highest BCUT2D eigenvalue weighted by molar-refractivity contribution is 8.38. The molecule has 0 saturated carbocycles. The van der Waals surface area contributed by atoms with Gasteiger partial charge in [0.2, 0.25) is 9.40 Å². The van der Waals surface area contributed by atoms with E-state index in [0.29, 0.717) is 15.5 Å². The molecule has 0 aliphatic carbocycles. The van der Waals surface area contributed by atoms with Crippen LogP contribution < -0.4 is 0 Å². The third-order valence-corrected chi connectivity index (χ3v) is 8.34. The molecule has 3 aromatic rings. The lowest BCUT2D eigenvalue weighted by atomic mass is 10.1. The van der Waals surface area contributed by atoms with Crippen LogP contribution in [0.25, 0.3) is 20.2 Å². The van der Waals surface area contributed by atoms with Crippen LogP contribution in [0.15, 0.2) is 47.4 Å². The zero-order valence-electron chi connectivity index (χ0n) is 10.3. The van der Waals surface area contributed by atoms with Gasteiger partial charge in [-0.05, 0) is 24.3 Å². The molecule has 0 saturated heterocycles. The average molecular weight is 345 g/mol. The smallest absolute Gasteiger partial charge is 0.282 e. The molecule has 110 valence electrons. The van der Waals surface area contributed by atoms with Gasteiger partial charge in [0.05, 0.1) is 0 Å². The van der Waals surface area contributed by atoms with E-state index in [2.05, 4.69) is 0 Å². The first-order chi connectivity index (χ1) is 9.71. The summed E-state index contributed by atoms with van der Waals surface area (Å²) in [4.78, 5) is -0.503. The summed E-state index contributed by atoms with van der Waals surface area (Å²) >= 11 is 0. The van der Waals surface area contributed by atoms with E-state index in [9.17, 15) is 25.9 Å². The van der Waals surface area contributed by atoms with Crippen molar-refractivity contribution in [3.05, 3.63) is 42.5 Å². The Hall–Kier alpha value is -1.52. The van der Waals surface area contributed by atoms with E-state index in [1.807, 2.05) is 0 Å². The Labute approximate surface area is 122 Å². The highest BCUT2D eigenvalue weighted by Gasteiger charge is 2.36. The van der Waals surface area contributed by atoms with Gasteiger partial charge in [-0.3, -0.25) is 4.55 Å². The van der Waals surface area contributed by atoms with Crippen LogP contribution in [0.1, 0.15) is 0 Å². The molecule has 21 heavy (non-hydrogen) atoms. The number of fused-ring (bicyclic) bond motifs is 3. The lowest BCUT2D eigenvalue weighted by molar-refractivity contribution is 0.484. The second-order valence-electron chi connectivity index (χ2n) is 4.30. The number of hydrogen-bond donors (Lipinski definition) is 2. The Kier molecular flexibility index (Phi) is 3.08. The van der Waals surface area contributed by atoms with Crippen LogP contribution in [0.3, 0.4) is 0 Å². The van der Waals surface area contributed by atoms with Crippen molar-refractivity contribution in [2.45, 2.75) is 4.90 Å². The van der Waals surface area contributed by atoms with E-state index >= 15 is 0 Å². The van der Waals surface area contributed by atoms with Crippen LogP contribution in [-0.2, 0) is 19.3 Å². The Balaban J connectivity index is 2.75. The van der Waals surface area contributed by atoms with Crippen LogP contribution in [0, 0.1) is 0 Å². The van der Waals surface area contributed by atoms with Crippen molar-refractivity contribution in [1.82, 2.24) is 0 Å². The van der Waals surface area contributed by atoms with Crippen molar-refractivity contribution in [2.75, 3.05) is 0 Å². The summed E-state index contributed by atoms with van der Waals surface area (Å²) in [6, 6.07) is 10.5. The predicted molar refractivity (Wildman–Crippen MR) is 80.7 cm³/mol. The fraction of sp³-hybridized carbons (Fsp3) is 0. The molecule has 1 heterocycles. The molecule has 0 aliphatic rings. The van der Waals surface area contributed by atoms with E-state index in [1.165, 1.54) is 12.1 Å². The maximum absolute atomic E-state index is 11.7. The predicted octanol–water partition coefficient (Wildman–Crippen LogP) is 2.64. The summed E-state index contributed by atoms with van der Waals surface area (Å²) in [6.45, 7) is 0. The lowest BCUT2D eigenvalue weighted by Gasteiger charge is -1.96. The van der Waals surface area contributed by atoms with Crippen molar-refractivity contribution in [3.8, 4) is 0 Å². The Morgan fingerprint density at radius 1 is 0.810 bits per heavy atom. The molecular formula is C12H9O6S3+. The highest BCUT2D eigenvalue weighted by atomic mass is 33.2. The van der Waals surface area contributed by atoms with Crippen molar-refractivity contribution >= 4 is 48.9 Å². The van der Waals surface area contributed by atoms with Crippen molar-refractivity contribution < 1.29 is 25.9 Å². The lowest BCUT2D eigenvalue weighted by Crippen LogP contribution is -1.99. The molecule has 1 unspecified atom stereocenters. The summed E-state index contributed by atoms with van der Waals surface area (Å²) in [6.07, 6.45) is 0. The Morgan fingerprint density at radius 3 is 2.05 bits per heavy atom. The first-order valence-electron chi connectivity index (χ1n) is 5.63. The van der Waals surface area contributed by atoms with Gasteiger partial charge in [-0.15, -0.1) is 8.42 Å². The van der Waals surface area contributed by atoms with Gasteiger partial charge in [-0.1, -0.05) is 18.2 Å². The molecule has 2 N–H and O–H groups in total. The minimum Gasteiger partial charge on any atom is -0.282 e. The minimum absolute atomic E-state index is 0.0938. The summed E-state index contributed by atoms with van der Waals surface area (Å²) < 4.78 is 65.5.